The number of benzene rings is 3. The van der Waals surface area contributed by atoms with Crippen molar-refractivity contribution in [2.45, 2.75) is 13.8 Å². The number of nitrogens with zero attached hydrogens (tertiary/aromatic N) is 1. The normalized spacial score (nSPS) is 10.6. The SMILES string of the molecule is Cc1cccc(C)c1OCC(=O)Nc1nc(-c2ccc(-c3ccccc3)cc2)cs1. The third-order valence-corrected chi connectivity index (χ3v) is 5.55. The van der Waals surface area contributed by atoms with Crippen molar-refractivity contribution in [1.29, 1.82) is 0 Å². The summed E-state index contributed by atoms with van der Waals surface area (Å²) in [5, 5.41) is 5.33. The molecule has 0 atom stereocenters. The molecular weight excluding hydrogens is 392 g/mol. The van der Waals surface area contributed by atoms with Crippen LogP contribution >= 0.6 is 11.3 Å². The number of carbonyl (C=O) groups is 1. The number of rotatable bonds is 6. The van der Waals surface area contributed by atoms with Crippen LogP contribution in [0, 0.1) is 13.8 Å². The minimum Gasteiger partial charge on any atom is -0.483 e. The Bertz CT molecular complexity index is 1130. The summed E-state index contributed by atoms with van der Waals surface area (Å²) in [6.45, 7) is 3.89. The minimum absolute atomic E-state index is 0.0492. The number of para-hydroxylation sites is 1. The molecule has 0 aliphatic heterocycles. The summed E-state index contributed by atoms with van der Waals surface area (Å²) in [6, 6.07) is 24.4. The Kier molecular flexibility index (Phi) is 5.91. The van der Waals surface area contributed by atoms with Crippen LogP contribution in [0.1, 0.15) is 11.1 Å². The van der Waals surface area contributed by atoms with Crippen molar-refractivity contribution in [2.75, 3.05) is 11.9 Å². The second-order valence-corrected chi connectivity index (χ2v) is 7.90. The van der Waals surface area contributed by atoms with Crippen molar-refractivity contribution in [3.63, 3.8) is 0 Å². The zero-order valence-electron chi connectivity index (χ0n) is 16.9. The van der Waals surface area contributed by atoms with Gasteiger partial charge in [-0.25, -0.2) is 4.98 Å². The molecule has 1 amide bonds. The van der Waals surface area contributed by atoms with E-state index in [0.29, 0.717) is 5.13 Å². The third-order valence-electron chi connectivity index (χ3n) is 4.79. The molecule has 1 aromatic heterocycles. The van der Waals surface area contributed by atoms with Gasteiger partial charge in [-0.1, -0.05) is 72.8 Å². The summed E-state index contributed by atoms with van der Waals surface area (Å²) in [7, 11) is 0. The number of ether oxygens (including phenoxy) is 1. The van der Waals surface area contributed by atoms with Crippen molar-refractivity contribution in [1.82, 2.24) is 4.98 Å². The Morgan fingerprint density at radius 3 is 2.20 bits per heavy atom. The smallest absolute Gasteiger partial charge is 0.264 e. The van der Waals surface area contributed by atoms with Gasteiger partial charge in [0.25, 0.3) is 5.91 Å². The zero-order valence-corrected chi connectivity index (χ0v) is 17.7. The largest absolute Gasteiger partial charge is 0.483 e. The number of hydrogen-bond acceptors (Lipinski definition) is 4. The highest BCUT2D eigenvalue weighted by Crippen LogP contribution is 2.28. The first kappa shape index (κ1) is 19.9. The Hall–Kier alpha value is -3.44. The molecule has 0 radical (unpaired) electrons. The maximum Gasteiger partial charge on any atom is 0.264 e. The first-order valence-electron chi connectivity index (χ1n) is 9.70. The average molecular weight is 415 g/mol. The molecule has 4 nitrogen and oxygen atoms in total. The van der Waals surface area contributed by atoms with Crippen LogP contribution in [0.15, 0.2) is 78.2 Å². The van der Waals surface area contributed by atoms with E-state index in [0.717, 1.165) is 33.7 Å². The Morgan fingerprint density at radius 2 is 1.50 bits per heavy atom. The molecule has 0 aliphatic rings. The molecule has 150 valence electrons. The number of carbonyl (C=O) groups excluding carboxylic acids is 1. The molecule has 4 aromatic rings. The average Bonchev–Trinajstić information content (AvgIpc) is 3.22. The fourth-order valence-electron chi connectivity index (χ4n) is 3.25. The summed E-state index contributed by atoms with van der Waals surface area (Å²) < 4.78 is 5.71. The predicted octanol–water partition coefficient (Wildman–Crippen LogP) is 6.11. The van der Waals surface area contributed by atoms with E-state index in [1.807, 2.05) is 67.8 Å². The quantitative estimate of drug-likeness (QED) is 0.414. The molecule has 0 saturated carbocycles. The summed E-state index contributed by atoms with van der Waals surface area (Å²) in [6.07, 6.45) is 0. The second-order valence-electron chi connectivity index (χ2n) is 7.04. The van der Waals surface area contributed by atoms with E-state index < -0.39 is 0 Å². The van der Waals surface area contributed by atoms with Crippen LogP contribution in [-0.4, -0.2) is 17.5 Å². The van der Waals surface area contributed by atoms with Gasteiger partial charge in [-0.2, -0.15) is 0 Å². The topological polar surface area (TPSA) is 51.2 Å². The van der Waals surface area contributed by atoms with E-state index in [1.54, 1.807) is 0 Å². The lowest BCUT2D eigenvalue weighted by Crippen LogP contribution is -2.20. The Labute approximate surface area is 180 Å². The van der Waals surface area contributed by atoms with Crippen molar-refractivity contribution >= 4 is 22.4 Å². The van der Waals surface area contributed by atoms with E-state index in [2.05, 4.69) is 34.6 Å². The molecule has 0 saturated heterocycles. The predicted molar refractivity (Wildman–Crippen MR) is 123 cm³/mol. The van der Waals surface area contributed by atoms with E-state index >= 15 is 0 Å². The van der Waals surface area contributed by atoms with Crippen molar-refractivity contribution < 1.29 is 9.53 Å². The first-order valence-corrected chi connectivity index (χ1v) is 10.6. The molecule has 0 bridgehead atoms. The van der Waals surface area contributed by atoms with Crippen LogP contribution < -0.4 is 10.1 Å². The summed E-state index contributed by atoms with van der Waals surface area (Å²) in [5.41, 5.74) is 6.21. The van der Waals surface area contributed by atoms with Crippen molar-refractivity contribution in [2.24, 2.45) is 0 Å². The molecule has 3 aromatic carbocycles. The molecule has 0 aliphatic carbocycles. The number of hydrogen-bond donors (Lipinski definition) is 1. The molecule has 5 heteroatoms. The van der Waals surface area contributed by atoms with Gasteiger partial charge in [0.2, 0.25) is 0 Å². The first-order chi connectivity index (χ1) is 14.6. The van der Waals surface area contributed by atoms with E-state index in [-0.39, 0.29) is 12.5 Å². The lowest BCUT2D eigenvalue weighted by molar-refractivity contribution is -0.118. The lowest BCUT2D eigenvalue weighted by atomic mass is 10.0. The molecule has 0 fully saturated rings. The lowest BCUT2D eigenvalue weighted by Gasteiger charge is -2.11. The van der Waals surface area contributed by atoms with Gasteiger partial charge in [0.1, 0.15) is 5.75 Å². The molecule has 0 unspecified atom stereocenters. The summed E-state index contributed by atoms with van der Waals surface area (Å²) in [4.78, 5) is 16.8. The molecule has 4 rings (SSSR count). The standard InChI is InChI=1S/C25H22N2O2S/c1-17-7-6-8-18(2)24(17)29-15-23(28)27-25-26-22(16-30-25)21-13-11-20(12-14-21)19-9-4-3-5-10-19/h3-14,16H,15H2,1-2H3,(H,26,27,28). The molecule has 30 heavy (non-hydrogen) atoms. The number of nitrogens with one attached hydrogen (secondary N) is 1. The monoisotopic (exact) mass is 414 g/mol. The highest BCUT2D eigenvalue weighted by molar-refractivity contribution is 7.14. The number of aryl methyl sites for hydroxylation is 2. The molecular formula is C25H22N2O2S. The number of amides is 1. The summed E-state index contributed by atoms with van der Waals surface area (Å²) >= 11 is 1.40. The molecule has 1 N–H and O–H groups in total. The van der Waals surface area contributed by atoms with Gasteiger partial charge in [-0.05, 0) is 36.1 Å². The maximum absolute atomic E-state index is 12.3. The number of anilines is 1. The van der Waals surface area contributed by atoms with Crippen molar-refractivity contribution in [3.05, 3.63) is 89.3 Å². The van der Waals surface area contributed by atoms with Crippen molar-refractivity contribution in [3.8, 4) is 28.1 Å². The third kappa shape index (κ3) is 4.58. The van der Waals surface area contributed by atoms with Gasteiger partial charge < -0.3 is 4.74 Å². The molecule has 1 heterocycles. The van der Waals surface area contributed by atoms with E-state index in [1.165, 1.54) is 16.9 Å². The van der Waals surface area contributed by atoms with Crippen LogP contribution in [-0.2, 0) is 4.79 Å². The fraction of sp³-hybridized carbons (Fsp3) is 0.120. The highest BCUT2D eigenvalue weighted by atomic mass is 32.1. The Morgan fingerprint density at radius 1 is 0.867 bits per heavy atom. The Balaban J connectivity index is 1.38. The van der Waals surface area contributed by atoms with Gasteiger partial charge in [0.15, 0.2) is 11.7 Å². The maximum atomic E-state index is 12.3. The molecule has 0 spiro atoms. The van der Waals surface area contributed by atoms with Gasteiger partial charge in [-0.3, -0.25) is 10.1 Å². The number of aromatic nitrogens is 1. The van der Waals surface area contributed by atoms with Gasteiger partial charge in [0.05, 0.1) is 5.69 Å². The number of thiazole rings is 1. The van der Waals surface area contributed by atoms with Crippen LogP contribution in [0.2, 0.25) is 0 Å². The minimum atomic E-state index is -0.224. The second kappa shape index (κ2) is 8.93. The van der Waals surface area contributed by atoms with Crippen LogP contribution in [0.3, 0.4) is 0 Å². The van der Waals surface area contributed by atoms with Gasteiger partial charge in [0, 0.05) is 10.9 Å². The van der Waals surface area contributed by atoms with E-state index in [9.17, 15) is 4.79 Å². The fourth-order valence-corrected chi connectivity index (χ4v) is 3.98. The van der Waals surface area contributed by atoms with Crippen LogP contribution in [0.5, 0.6) is 5.75 Å². The zero-order chi connectivity index (χ0) is 20.9. The summed E-state index contributed by atoms with van der Waals surface area (Å²) in [5.74, 6) is 0.531. The highest BCUT2D eigenvalue weighted by Gasteiger charge is 2.11. The van der Waals surface area contributed by atoms with Crippen LogP contribution in [0.4, 0.5) is 5.13 Å². The van der Waals surface area contributed by atoms with Gasteiger partial charge >= 0.3 is 0 Å². The van der Waals surface area contributed by atoms with E-state index in [4.69, 9.17) is 4.74 Å². The van der Waals surface area contributed by atoms with Gasteiger partial charge in [-0.15, -0.1) is 11.3 Å². The van der Waals surface area contributed by atoms with Crippen LogP contribution in [0.25, 0.3) is 22.4 Å².